The van der Waals surface area contributed by atoms with Crippen molar-refractivity contribution in [2.75, 3.05) is 4.90 Å². The Morgan fingerprint density at radius 3 is 0.738 bits per heavy atom. The molecule has 0 unspecified atom stereocenters. The molecule has 10 rings (SSSR count). The first kappa shape index (κ1) is 37.2. The van der Waals surface area contributed by atoms with Crippen molar-refractivity contribution in [1.29, 1.82) is 0 Å². The number of rotatable bonds is 10. The highest BCUT2D eigenvalue weighted by molar-refractivity contribution is 5.82. The van der Waals surface area contributed by atoms with Gasteiger partial charge in [-0.1, -0.05) is 206 Å². The lowest BCUT2D eigenvalue weighted by atomic mass is 10.00. The van der Waals surface area contributed by atoms with Gasteiger partial charge >= 0.3 is 0 Å². The minimum absolute atomic E-state index is 0.703. The van der Waals surface area contributed by atoms with Crippen molar-refractivity contribution in [1.82, 2.24) is 9.97 Å². The fraction of sp³-hybridized carbons (Fsp3) is 0. The van der Waals surface area contributed by atoms with Gasteiger partial charge in [0.1, 0.15) is 0 Å². The molecule has 0 aliphatic carbocycles. The van der Waals surface area contributed by atoms with E-state index in [0.29, 0.717) is 5.82 Å². The van der Waals surface area contributed by atoms with Gasteiger partial charge in [0.25, 0.3) is 0 Å². The van der Waals surface area contributed by atoms with Gasteiger partial charge in [0.2, 0.25) is 0 Å². The van der Waals surface area contributed by atoms with Gasteiger partial charge in [-0.3, -0.25) is 0 Å². The van der Waals surface area contributed by atoms with Crippen LogP contribution in [0.25, 0.3) is 78.4 Å². The molecule has 0 atom stereocenters. The highest BCUT2D eigenvalue weighted by Crippen LogP contribution is 2.38. The van der Waals surface area contributed by atoms with Gasteiger partial charge < -0.3 is 4.90 Å². The maximum atomic E-state index is 5.08. The third-order valence-electron chi connectivity index (χ3n) is 11.2. The second-order valence-corrected chi connectivity index (χ2v) is 15.1. The van der Waals surface area contributed by atoms with E-state index in [4.69, 9.17) is 9.97 Å². The number of hydrogen-bond donors (Lipinski definition) is 0. The second-order valence-electron chi connectivity index (χ2n) is 15.1. The maximum absolute atomic E-state index is 5.08. The molecule has 9 aromatic carbocycles. The smallest absolute Gasteiger partial charge is 0.160 e. The third kappa shape index (κ3) is 8.14. The van der Waals surface area contributed by atoms with Crippen LogP contribution in [0.2, 0.25) is 0 Å². The molecule has 1 heterocycles. The first-order valence-corrected chi connectivity index (χ1v) is 20.6. The molecule has 0 amide bonds. The van der Waals surface area contributed by atoms with Crippen LogP contribution in [-0.4, -0.2) is 9.97 Å². The summed E-state index contributed by atoms with van der Waals surface area (Å²) < 4.78 is 0. The van der Waals surface area contributed by atoms with Crippen LogP contribution in [0.1, 0.15) is 0 Å². The predicted molar refractivity (Wildman–Crippen MR) is 255 cm³/mol. The molecule has 0 aliphatic rings. The summed E-state index contributed by atoms with van der Waals surface area (Å²) in [6.07, 6.45) is 0. The normalized spacial score (nSPS) is 11.0. The third-order valence-corrected chi connectivity index (χ3v) is 11.2. The molecule has 10 aromatic rings. The van der Waals surface area contributed by atoms with Crippen molar-refractivity contribution in [2.45, 2.75) is 0 Å². The van der Waals surface area contributed by atoms with Gasteiger partial charge in [-0.25, -0.2) is 9.97 Å². The molecule has 0 spiro atoms. The van der Waals surface area contributed by atoms with E-state index in [9.17, 15) is 0 Å². The van der Waals surface area contributed by atoms with Crippen molar-refractivity contribution in [2.24, 2.45) is 0 Å². The van der Waals surface area contributed by atoms with Gasteiger partial charge in [0.15, 0.2) is 5.82 Å². The lowest BCUT2D eigenvalue weighted by Crippen LogP contribution is -2.09. The van der Waals surface area contributed by atoms with E-state index in [2.05, 4.69) is 229 Å². The molecule has 0 fully saturated rings. The number of benzene rings is 9. The minimum Gasteiger partial charge on any atom is -0.311 e. The Morgan fingerprint density at radius 1 is 0.213 bits per heavy atom. The van der Waals surface area contributed by atoms with Crippen molar-refractivity contribution in [3.8, 4) is 78.4 Å². The Balaban J connectivity index is 0.952. The minimum atomic E-state index is 0.703. The fourth-order valence-electron chi connectivity index (χ4n) is 7.87. The Hall–Kier alpha value is -8.14. The van der Waals surface area contributed by atoms with Crippen LogP contribution in [0.5, 0.6) is 0 Å². The topological polar surface area (TPSA) is 29.0 Å². The number of anilines is 3. The molecule has 1 aromatic heterocycles. The molecule has 0 radical (unpaired) electrons. The molecule has 3 heteroatoms. The quantitative estimate of drug-likeness (QED) is 0.138. The summed E-state index contributed by atoms with van der Waals surface area (Å²) in [5, 5.41) is 0. The molecular weight excluding hydrogens is 739 g/mol. The first-order valence-electron chi connectivity index (χ1n) is 20.6. The SMILES string of the molecule is c1ccc(-c2ccc(-c3cc(-c4ccc(-c5ccc(N(c6ccc(-c7ccccc7)cc6)c6ccc(-c7ccccc7)cc6)cc5)cc4)nc(-c4ccccc4)n3)cc2)cc1. The highest BCUT2D eigenvalue weighted by Gasteiger charge is 2.15. The second kappa shape index (κ2) is 17.0. The Kier molecular flexibility index (Phi) is 10.3. The van der Waals surface area contributed by atoms with Crippen molar-refractivity contribution in [3.05, 3.63) is 249 Å². The molecule has 3 nitrogen and oxygen atoms in total. The molecule has 0 N–H and O–H groups in total. The van der Waals surface area contributed by atoms with E-state index >= 15 is 0 Å². The molecule has 61 heavy (non-hydrogen) atoms. The van der Waals surface area contributed by atoms with Crippen LogP contribution < -0.4 is 4.90 Å². The molecule has 0 saturated heterocycles. The van der Waals surface area contributed by atoms with Crippen LogP contribution in [0.3, 0.4) is 0 Å². The predicted octanol–water partition coefficient (Wildman–Crippen LogP) is 15.6. The lowest BCUT2D eigenvalue weighted by molar-refractivity contribution is 1.18. The zero-order valence-corrected chi connectivity index (χ0v) is 33.5. The largest absolute Gasteiger partial charge is 0.311 e. The molecule has 0 aliphatic heterocycles. The van der Waals surface area contributed by atoms with Crippen LogP contribution in [0, 0.1) is 0 Å². The van der Waals surface area contributed by atoms with Crippen molar-refractivity contribution < 1.29 is 0 Å². The Labute approximate surface area is 357 Å². The summed E-state index contributed by atoms with van der Waals surface area (Å²) in [5.41, 5.74) is 17.5. The van der Waals surface area contributed by atoms with Crippen molar-refractivity contribution >= 4 is 17.1 Å². The number of nitrogens with zero attached hydrogens (tertiary/aromatic N) is 3. The molecular formula is C58H41N3. The number of hydrogen-bond acceptors (Lipinski definition) is 3. The Bertz CT molecular complexity index is 2900. The van der Waals surface area contributed by atoms with Gasteiger partial charge in [0.05, 0.1) is 11.4 Å². The Morgan fingerprint density at radius 2 is 0.443 bits per heavy atom. The van der Waals surface area contributed by atoms with E-state index < -0.39 is 0 Å². The standard InChI is InChI=1S/C58H41N3/c1-5-13-42(14-6-1)45-21-25-50(26-22-45)56-41-57(60-58(59-56)52-19-11-4-12-20-52)51-27-23-46(24-28-51)49-33-39-55(40-34-49)61(53-35-29-47(30-36-53)43-15-7-2-8-16-43)54-37-31-48(32-38-54)44-17-9-3-10-18-44/h1-41H. The van der Waals surface area contributed by atoms with Gasteiger partial charge in [-0.05, 0) is 87.0 Å². The molecule has 0 bridgehead atoms. The number of aromatic nitrogens is 2. The summed E-state index contributed by atoms with van der Waals surface area (Å²) in [7, 11) is 0. The van der Waals surface area contributed by atoms with E-state index in [1.54, 1.807) is 0 Å². The van der Waals surface area contributed by atoms with Crippen LogP contribution in [-0.2, 0) is 0 Å². The first-order chi connectivity index (χ1) is 30.2. The molecule has 0 saturated carbocycles. The lowest BCUT2D eigenvalue weighted by Gasteiger charge is -2.26. The average Bonchev–Trinajstić information content (AvgIpc) is 3.36. The van der Waals surface area contributed by atoms with Crippen LogP contribution >= 0.6 is 0 Å². The summed E-state index contributed by atoms with van der Waals surface area (Å²) in [4.78, 5) is 12.5. The molecule has 288 valence electrons. The van der Waals surface area contributed by atoms with E-state index in [0.717, 1.165) is 56.3 Å². The summed E-state index contributed by atoms with van der Waals surface area (Å²) in [6, 6.07) is 87.6. The van der Waals surface area contributed by atoms with E-state index in [1.165, 1.54) is 33.4 Å². The van der Waals surface area contributed by atoms with E-state index in [1.807, 2.05) is 24.3 Å². The zero-order chi connectivity index (χ0) is 40.8. The average molecular weight is 780 g/mol. The van der Waals surface area contributed by atoms with Crippen LogP contribution in [0.4, 0.5) is 17.1 Å². The fourth-order valence-corrected chi connectivity index (χ4v) is 7.87. The summed E-state index contributed by atoms with van der Waals surface area (Å²) in [6.45, 7) is 0. The monoisotopic (exact) mass is 779 g/mol. The zero-order valence-electron chi connectivity index (χ0n) is 33.5. The van der Waals surface area contributed by atoms with Crippen molar-refractivity contribution in [3.63, 3.8) is 0 Å². The maximum Gasteiger partial charge on any atom is 0.160 e. The van der Waals surface area contributed by atoms with Crippen LogP contribution in [0.15, 0.2) is 249 Å². The summed E-state index contributed by atoms with van der Waals surface area (Å²) in [5.74, 6) is 0.703. The van der Waals surface area contributed by atoms with E-state index in [-0.39, 0.29) is 0 Å². The highest BCUT2D eigenvalue weighted by atomic mass is 15.1. The van der Waals surface area contributed by atoms with Gasteiger partial charge in [0, 0.05) is 33.8 Å². The van der Waals surface area contributed by atoms with Gasteiger partial charge in [-0.15, -0.1) is 0 Å². The summed E-state index contributed by atoms with van der Waals surface area (Å²) >= 11 is 0. The van der Waals surface area contributed by atoms with Gasteiger partial charge in [-0.2, -0.15) is 0 Å².